The number of nitrogens with two attached hydrogens (primary N) is 1. The van der Waals surface area contributed by atoms with Crippen molar-refractivity contribution in [1.82, 2.24) is 4.72 Å². The van der Waals surface area contributed by atoms with Gasteiger partial charge >= 0.3 is 0 Å². The molecule has 0 aliphatic heterocycles. The number of rotatable bonds is 4. The maximum absolute atomic E-state index is 12.4. The van der Waals surface area contributed by atoms with Gasteiger partial charge in [0.2, 0.25) is 10.0 Å². The molecule has 20 heavy (non-hydrogen) atoms. The van der Waals surface area contributed by atoms with E-state index in [1.165, 1.54) is 0 Å². The highest BCUT2D eigenvalue weighted by Gasteiger charge is 2.19. The van der Waals surface area contributed by atoms with Crippen LogP contribution in [0.5, 0.6) is 0 Å². The number of hydrogen-bond acceptors (Lipinski definition) is 3. The van der Waals surface area contributed by atoms with Crippen molar-refractivity contribution in [3.63, 3.8) is 0 Å². The summed E-state index contributed by atoms with van der Waals surface area (Å²) in [5, 5.41) is 1.43. The first kappa shape index (κ1) is 14.4. The topological polar surface area (TPSA) is 72.2 Å². The van der Waals surface area contributed by atoms with Crippen molar-refractivity contribution in [2.75, 3.05) is 5.73 Å². The maximum Gasteiger partial charge on any atom is 0.241 e. The molecule has 5 heteroatoms. The van der Waals surface area contributed by atoms with E-state index >= 15 is 0 Å². The standard InChI is InChI=1S/C15H16N2O2S/c1-3-5-11(2)17-20(18,19)15-7-4-6-12-10-13(16)8-9-14(12)15/h1,4,6-11,17H,5,16H2,2H3. The first-order chi connectivity index (χ1) is 9.44. The minimum atomic E-state index is -3.61. The van der Waals surface area contributed by atoms with Crippen molar-refractivity contribution in [1.29, 1.82) is 0 Å². The van der Waals surface area contributed by atoms with E-state index in [0.717, 1.165) is 5.39 Å². The molecule has 0 aromatic heterocycles. The van der Waals surface area contributed by atoms with Crippen molar-refractivity contribution in [3.8, 4) is 12.3 Å². The lowest BCUT2D eigenvalue weighted by Gasteiger charge is -2.13. The van der Waals surface area contributed by atoms with Gasteiger partial charge in [-0.3, -0.25) is 0 Å². The Balaban J connectivity index is 2.50. The number of benzene rings is 2. The predicted octanol–water partition coefficient (Wildman–Crippen LogP) is 2.11. The van der Waals surface area contributed by atoms with Crippen LogP contribution in [0.15, 0.2) is 41.3 Å². The van der Waals surface area contributed by atoms with E-state index in [4.69, 9.17) is 12.2 Å². The molecule has 0 spiro atoms. The molecule has 0 aliphatic carbocycles. The number of terminal acetylenes is 1. The highest BCUT2D eigenvalue weighted by Crippen LogP contribution is 2.25. The average molecular weight is 288 g/mol. The minimum Gasteiger partial charge on any atom is -0.399 e. The van der Waals surface area contributed by atoms with Gasteiger partial charge in [-0.15, -0.1) is 12.3 Å². The van der Waals surface area contributed by atoms with Gasteiger partial charge in [0.25, 0.3) is 0 Å². The molecule has 3 N–H and O–H groups in total. The number of nitrogen functional groups attached to an aromatic ring is 1. The molecule has 1 unspecified atom stereocenters. The molecule has 0 bridgehead atoms. The number of sulfonamides is 1. The molecular weight excluding hydrogens is 272 g/mol. The zero-order chi connectivity index (χ0) is 14.8. The van der Waals surface area contributed by atoms with Crippen molar-refractivity contribution < 1.29 is 8.42 Å². The van der Waals surface area contributed by atoms with E-state index < -0.39 is 10.0 Å². The number of hydrogen-bond donors (Lipinski definition) is 2. The SMILES string of the molecule is C#CCC(C)NS(=O)(=O)c1cccc2cc(N)ccc12. The fraction of sp³-hybridized carbons (Fsp3) is 0.200. The fourth-order valence-corrected chi connectivity index (χ4v) is 3.53. The van der Waals surface area contributed by atoms with Crippen LogP contribution in [0.2, 0.25) is 0 Å². The second-order valence-corrected chi connectivity index (χ2v) is 6.35. The van der Waals surface area contributed by atoms with Crippen LogP contribution >= 0.6 is 0 Å². The molecule has 2 aromatic rings. The largest absolute Gasteiger partial charge is 0.399 e. The lowest BCUT2D eigenvalue weighted by molar-refractivity contribution is 0.564. The van der Waals surface area contributed by atoms with E-state index in [-0.39, 0.29) is 10.9 Å². The Kier molecular flexibility index (Phi) is 3.98. The highest BCUT2D eigenvalue weighted by molar-refractivity contribution is 7.89. The molecular formula is C15H16N2O2S. The van der Waals surface area contributed by atoms with E-state index in [1.807, 2.05) is 6.07 Å². The quantitative estimate of drug-likeness (QED) is 0.668. The lowest BCUT2D eigenvalue weighted by atomic mass is 10.1. The number of fused-ring (bicyclic) bond motifs is 1. The normalized spacial score (nSPS) is 13.0. The Bertz CT molecular complexity index is 776. The molecule has 0 fully saturated rings. The lowest BCUT2D eigenvalue weighted by Crippen LogP contribution is -2.32. The van der Waals surface area contributed by atoms with Gasteiger partial charge in [-0.1, -0.05) is 18.2 Å². The molecule has 2 rings (SSSR count). The molecule has 104 valence electrons. The summed E-state index contributed by atoms with van der Waals surface area (Å²) in [6.07, 6.45) is 5.54. The van der Waals surface area contributed by atoms with Crippen molar-refractivity contribution in [2.45, 2.75) is 24.3 Å². The summed E-state index contributed by atoms with van der Waals surface area (Å²) in [6, 6.07) is 9.94. The minimum absolute atomic E-state index is 0.235. The second-order valence-electron chi connectivity index (χ2n) is 4.67. The van der Waals surface area contributed by atoms with Crippen LogP contribution in [0.1, 0.15) is 13.3 Å². The zero-order valence-corrected chi connectivity index (χ0v) is 11.9. The maximum atomic E-state index is 12.4. The van der Waals surface area contributed by atoms with E-state index in [1.54, 1.807) is 37.3 Å². The van der Waals surface area contributed by atoms with Crippen LogP contribution in [0.25, 0.3) is 10.8 Å². The third kappa shape index (κ3) is 2.93. The molecule has 0 aliphatic rings. The summed E-state index contributed by atoms with van der Waals surface area (Å²) in [7, 11) is -3.61. The molecule has 0 saturated heterocycles. The molecule has 0 saturated carbocycles. The Morgan fingerprint density at radius 1 is 1.35 bits per heavy atom. The van der Waals surface area contributed by atoms with Gasteiger partial charge in [0.15, 0.2) is 0 Å². The zero-order valence-electron chi connectivity index (χ0n) is 11.1. The summed E-state index contributed by atoms with van der Waals surface area (Å²) in [4.78, 5) is 0.235. The first-order valence-electron chi connectivity index (χ1n) is 6.18. The molecule has 0 amide bonds. The van der Waals surface area contributed by atoms with Crippen molar-refractivity contribution >= 4 is 26.5 Å². The van der Waals surface area contributed by atoms with E-state index in [0.29, 0.717) is 17.5 Å². The third-order valence-electron chi connectivity index (χ3n) is 2.93. The summed E-state index contributed by atoms with van der Waals surface area (Å²) in [5.41, 5.74) is 6.31. The van der Waals surface area contributed by atoms with E-state index in [9.17, 15) is 8.42 Å². The number of anilines is 1. The van der Waals surface area contributed by atoms with Gasteiger partial charge < -0.3 is 5.73 Å². The van der Waals surface area contributed by atoms with Gasteiger partial charge in [-0.25, -0.2) is 13.1 Å². The Morgan fingerprint density at radius 2 is 2.10 bits per heavy atom. The predicted molar refractivity (Wildman–Crippen MR) is 81.6 cm³/mol. The van der Waals surface area contributed by atoms with Crippen LogP contribution < -0.4 is 10.5 Å². The van der Waals surface area contributed by atoms with Gasteiger partial charge in [0.1, 0.15) is 0 Å². The van der Waals surface area contributed by atoms with Gasteiger partial charge in [0, 0.05) is 23.5 Å². The average Bonchev–Trinajstić information content (AvgIpc) is 2.37. The third-order valence-corrected chi connectivity index (χ3v) is 4.58. The summed E-state index contributed by atoms with van der Waals surface area (Å²) in [5.74, 6) is 2.44. The van der Waals surface area contributed by atoms with Crippen LogP contribution in [-0.4, -0.2) is 14.5 Å². The summed E-state index contributed by atoms with van der Waals surface area (Å²) >= 11 is 0. The smallest absolute Gasteiger partial charge is 0.241 e. The summed E-state index contributed by atoms with van der Waals surface area (Å²) in [6.45, 7) is 1.74. The monoisotopic (exact) mass is 288 g/mol. The fourth-order valence-electron chi connectivity index (χ4n) is 2.05. The molecule has 0 heterocycles. The first-order valence-corrected chi connectivity index (χ1v) is 7.66. The van der Waals surface area contributed by atoms with Crippen molar-refractivity contribution in [2.24, 2.45) is 0 Å². The van der Waals surface area contributed by atoms with Gasteiger partial charge in [-0.05, 0) is 30.5 Å². The van der Waals surface area contributed by atoms with Gasteiger partial charge in [0.05, 0.1) is 4.90 Å². The van der Waals surface area contributed by atoms with Crippen LogP contribution in [0, 0.1) is 12.3 Å². The van der Waals surface area contributed by atoms with Crippen LogP contribution in [0.3, 0.4) is 0 Å². The second kappa shape index (κ2) is 5.53. The van der Waals surface area contributed by atoms with Crippen LogP contribution in [-0.2, 0) is 10.0 Å². The highest BCUT2D eigenvalue weighted by atomic mass is 32.2. The van der Waals surface area contributed by atoms with Crippen molar-refractivity contribution in [3.05, 3.63) is 36.4 Å². The Morgan fingerprint density at radius 3 is 2.80 bits per heavy atom. The van der Waals surface area contributed by atoms with Gasteiger partial charge in [-0.2, -0.15) is 0 Å². The Labute approximate surface area is 119 Å². The van der Waals surface area contributed by atoms with E-state index in [2.05, 4.69) is 10.6 Å². The molecule has 1 atom stereocenters. The summed E-state index contributed by atoms with van der Waals surface area (Å²) < 4.78 is 27.4. The molecule has 2 aromatic carbocycles. The van der Waals surface area contributed by atoms with Crippen LogP contribution in [0.4, 0.5) is 5.69 Å². The molecule has 0 radical (unpaired) electrons. The Hall–Kier alpha value is -2.03. The molecule has 4 nitrogen and oxygen atoms in total. The number of nitrogens with one attached hydrogen (secondary N) is 1.